The first-order valence-corrected chi connectivity index (χ1v) is 8.47. The van der Waals surface area contributed by atoms with Crippen LogP contribution in [0, 0.1) is 17.7 Å². The molecule has 0 saturated carbocycles. The van der Waals surface area contributed by atoms with Gasteiger partial charge in [-0.1, -0.05) is 30.0 Å². The third kappa shape index (κ3) is 5.82. The van der Waals surface area contributed by atoms with Crippen LogP contribution in [-0.2, 0) is 19.1 Å². The van der Waals surface area contributed by atoms with Crippen molar-refractivity contribution in [1.82, 2.24) is 0 Å². The van der Waals surface area contributed by atoms with Gasteiger partial charge in [0.2, 0.25) is 0 Å². The molecule has 2 rings (SSSR count). The van der Waals surface area contributed by atoms with Crippen molar-refractivity contribution in [2.24, 2.45) is 0 Å². The van der Waals surface area contributed by atoms with Crippen LogP contribution in [0.2, 0.25) is 0 Å². The van der Waals surface area contributed by atoms with Gasteiger partial charge in [-0.3, -0.25) is 0 Å². The number of benzene rings is 2. The van der Waals surface area contributed by atoms with Crippen molar-refractivity contribution < 1.29 is 23.5 Å². The maximum absolute atomic E-state index is 13.7. The zero-order valence-corrected chi connectivity index (χ0v) is 15.1. The van der Waals surface area contributed by atoms with Gasteiger partial charge in [-0.15, -0.1) is 0 Å². The zero-order chi connectivity index (χ0) is 19.6. The summed E-state index contributed by atoms with van der Waals surface area (Å²) in [4.78, 5) is 24.2. The van der Waals surface area contributed by atoms with E-state index in [0.717, 1.165) is 5.56 Å². The van der Waals surface area contributed by atoms with Gasteiger partial charge in [0, 0.05) is 11.1 Å². The third-order valence-corrected chi connectivity index (χ3v) is 3.42. The van der Waals surface area contributed by atoms with Gasteiger partial charge in [0.15, 0.2) is 0 Å². The van der Waals surface area contributed by atoms with E-state index >= 15 is 0 Å². The number of halogens is 1. The molecule has 0 aliphatic rings. The van der Waals surface area contributed by atoms with Gasteiger partial charge >= 0.3 is 11.9 Å². The standard InChI is InChI=1S/C22H19FO4/c1-3-26-21(24)20(22(25)27-4-2)15-18-14-19(23)13-12-17(18)11-10-16-8-6-5-7-9-16/h5-9,12-15H,3-4H2,1-2H3. The fraction of sp³-hybridized carbons (Fsp3) is 0.182. The molecule has 0 unspecified atom stereocenters. The Morgan fingerprint density at radius 3 is 2.19 bits per heavy atom. The quantitative estimate of drug-likeness (QED) is 0.266. The summed E-state index contributed by atoms with van der Waals surface area (Å²) in [6.07, 6.45) is 1.24. The van der Waals surface area contributed by atoms with Gasteiger partial charge in [0.1, 0.15) is 11.4 Å². The number of carbonyl (C=O) groups is 2. The SMILES string of the molecule is CCOC(=O)C(=Cc1cc(F)ccc1C#Cc1ccccc1)C(=O)OCC. The predicted octanol–water partition coefficient (Wildman–Crippen LogP) is 3.74. The second-order valence-corrected chi connectivity index (χ2v) is 5.35. The highest BCUT2D eigenvalue weighted by molar-refractivity contribution is 6.17. The van der Waals surface area contributed by atoms with E-state index in [4.69, 9.17) is 9.47 Å². The molecule has 2 aromatic carbocycles. The number of hydrogen-bond donors (Lipinski definition) is 0. The summed E-state index contributed by atoms with van der Waals surface area (Å²) < 4.78 is 23.6. The third-order valence-electron chi connectivity index (χ3n) is 3.42. The molecule has 138 valence electrons. The summed E-state index contributed by atoms with van der Waals surface area (Å²) in [5.41, 5.74) is 1.22. The van der Waals surface area contributed by atoms with Gasteiger partial charge in [-0.2, -0.15) is 0 Å². The molecule has 0 amide bonds. The van der Waals surface area contributed by atoms with Gasteiger partial charge in [0.25, 0.3) is 0 Å². The number of rotatable bonds is 5. The summed E-state index contributed by atoms with van der Waals surface area (Å²) in [7, 11) is 0. The molecular weight excluding hydrogens is 347 g/mol. The average Bonchev–Trinajstić information content (AvgIpc) is 2.66. The smallest absolute Gasteiger partial charge is 0.345 e. The molecule has 0 saturated heterocycles. The molecule has 0 heterocycles. The molecule has 4 nitrogen and oxygen atoms in total. The van der Waals surface area contributed by atoms with Crippen molar-refractivity contribution in [3.05, 3.63) is 76.6 Å². The van der Waals surface area contributed by atoms with Crippen LogP contribution in [0.3, 0.4) is 0 Å². The van der Waals surface area contributed by atoms with E-state index in [1.807, 2.05) is 30.3 Å². The Hall–Kier alpha value is -3.39. The van der Waals surface area contributed by atoms with Crippen LogP contribution in [-0.4, -0.2) is 25.2 Å². The van der Waals surface area contributed by atoms with Gasteiger partial charge in [-0.25, -0.2) is 14.0 Å². The molecule has 0 spiro atoms. The van der Waals surface area contributed by atoms with E-state index in [1.54, 1.807) is 13.8 Å². The Morgan fingerprint density at radius 2 is 1.59 bits per heavy atom. The highest BCUT2D eigenvalue weighted by Crippen LogP contribution is 2.17. The fourth-order valence-corrected chi connectivity index (χ4v) is 2.20. The minimum absolute atomic E-state index is 0.0966. The van der Waals surface area contributed by atoms with Crippen LogP contribution in [0.4, 0.5) is 4.39 Å². The van der Waals surface area contributed by atoms with Crippen LogP contribution in [0.1, 0.15) is 30.5 Å². The number of carbonyl (C=O) groups excluding carboxylic acids is 2. The lowest BCUT2D eigenvalue weighted by Gasteiger charge is -2.07. The second kappa shape index (κ2) is 9.93. The van der Waals surface area contributed by atoms with Crippen LogP contribution in [0.15, 0.2) is 54.1 Å². The Labute approximate surface area is 157 Å². The van der Waals surface area contributed by atoms with E-state index in [1.165, 1.54) is 24.3 Å². The minimum atomic E-state index is -0.831. The van der Waals surface area contributed by atoms with Crippen molar-refractivity contribution in [2.45, 2.75) is 13.8 Å². The van der Waals surface area contributed by atoms with Crippen molar-refractivity contribution in [3.8, 4) is 11.8 Å². The normalized spacial score (nSPS) is 9.59. The van der Waals surface area contributed by atoms with E-state index in [-0.39, 0.29) is 24.4 Å². The Bertz CT molecular complexity index is 885. The summed E-state index contributed by atoms with van der Waals surface area (Å²) in [5, 5.41) is 0. The van der Waals surface area contributed by atoms with Gasteiger partial charge in [-0.05, 0) is 55.8 Å². The van der Waals surface area contributed by atoms with Crippen molar-refractivity contribution in [2.75, 3.05) is 13.2 Å². The summed E-state index contributed by atoms with van der Waals surface area (Å²) >= 11 is 0. The molecule has 0 N–H and O–H groups in total. The molecule has 0 atom stereocenters. The first kappa shape index (κ1) is 19.9. The van der Waals surface area contributed by atoms with E-state index in [0.29, 0.717) is 5.56 Å². The van der Waals surface area contributed by atoms with E-state index in [9.17, 15) is 14.0 Å². The molecule has 0 aliphatic heterocycles. The fourth-order valence-electron chi connectivity index (χ4n) is 2.20. The topological polar surface area (TPSA) is 52.6 Å². The minimum Gasteiger partial charge on any atom is -0.462 e. The summed E-state index contributed by atoms with van der Waals surface area (Å²) in [6.45, 7) is 3.44. The molecule has 0 aliphatic carbocycles. The highest BCUT2D eigenvalue weighted by atomic mass is 19.1. The van der Waals surface area contributed by atoms with Crippen LogP contribution in [0.25, 0.3) is 6.08 Å². The van der Waals surface area contributed by atoms with Crippen LogP contribution < -0.4 is 0 Å². The van der Waals surface area contributed by atoms with E-state index < -0.39 is 17.8 Å². The molecule has 0 fully saturated rings. The maximum atomic E-state index is 13.7. The van der Waals surface area contributed by atoms with Gasteiger partial charge < -0.3 is 9.47 Å². The first-order chi connectivity index (χ1) is 13.0. The van der Waals surface area contributed by atoms with Crippen molar-refractivity contribution >= 4 is 18.0 Å². The van der Waals surface area contributed by atoms with E-state index in [2.05, 4.69) is 11.8 Å². The highest BCUT2D eigenvalue weighted by Gasteiger charge is 2.21. The number of ether oxygens (including phenoxy) is 2. The largest absolute Gasteiger partial charge is 0.462 e. The van der Waals surface area contributed by atoms with Gasteiger partial charge in [0.05, 0.1) is 13.2 Å². The lowest BCUT2D eigenvalue weighted by atomic mass is 10.0. The molecular formula is C22H19FO4. The molecule has 2 aromatic rings. The van der Waals surface area contributed by atoms with Crippen LogP contribution in [0.5, 0.6) is 0 Å². The summed E-state index contributed by atoms with van der Waals surface area (Å²) in [6, 6.07) is 13.2. The maximum Gasteiger partial charge on any atom is 0.345 e. The Balaban J connectivity index is 2.49. The lowest BCUT2D eigenvalue weighted by Crippen LogP contribution is -2.18. The Morgan fingerprint density at radius 1 is 0.963 bits per heavy atom. The Kier molecular flexibility index (Phi) is 7.33. The molecule has 0 bridgehead atoms. The zero-order valence-electron chi connectivity index (χ0n) is 15.1. The molecule has 0 aromatic heterocycles. The molecule has 27 heavy (non-hydrogen) atoms. The molecule has 0 radical (unpaired) electrons. The lowest BCUT2D eigenvalue weighted by molar-refractivity contribution is -0.146. The van der Waals surface area contributed by atoms with Crippen molar-refractivity contribution in [1.29, 1.82) is 0 Å². The summed E-state index contributed by atoms with van der Waals surface area (Å²) in [5.74, 6) is 3.73. The van der Waals surface area contributed by atoms with Crippen LogP contribution >= 0.6 is 0 Å². The first-order valence-electron chi connectivity index (χ1n) is 8.47. The number of esters is 2. The average molecular weight is 366 g/mol. The molecule has 5 heteroatoms. The monoisotopic (exact) mass is 366 g/mol. The second-order valence-electron chi connectivity index (χ2n) is 5.35. The number of hydrogen-bond acceptors (Lipinski definition) is 4. The van der Waals surface area contributed by atoms with Crippen molar-refractivity contribution in [3.63, 3.8) is 0 Å². The predicted molar refractivity (Wildman–Crippen MR) is 100 cm³/mol.